The van der Waals surface area contributed by atoms with Gasteiger partial charge in [-0.3, -0.25) is 0 Å². The van der Waals surface area contributed by atoms with Crippen LogP contribution in [0.4, 0.5) is 5.69 Å². The molecule has 2 aromatic carbocycles. The van der Waals surface area contributed by atoms with Crippen LogP contribution in [0, 0.1) is 6.92 Å². The third-order valence-corrected chi connectivity index (χ3v) is 3.40. The van der Waals surface area contributed by atoms with Gasteiger partial charge in [0.25, 0.3) is 0 Å². The summed E-state index contributed by atoms with van der Waals surface area (Å²) in [6.45, 7) is 4.16. The van der Waals surface area contributed by atoms with Crippen LogP contribution in [-0.4, -0.2) is 7.11 Å². The fourth-order valence-electron chi connectivity index (χ4n) is 2.12. The molecule has 0 aliphatic carbocycles. The van der Waals surface area contributed by atoms with E-state index in [9.17, 15) is 0 Å². The Kier molecular flexibility index (Phi) is 4.33. The minimum atomic E-state index is 0.163. The van der Waals surface area contributed by atoms with Gasteiger partial charge in [0, 0.05) is 16.3 Å². The molecule has 0 amide bonds. The second-order valence-electron chi connectivity index (χ2n) is 4.57. The van der Waals surface area contributed by atoms with Crippen LogP contribution in [-0.2, 0) is 0 Å². The Hall–Kier alpha value is -1.67. The predicted molar refractivity (Wildman–Crippen MR) is 81.2 cm³/mol. The van der Waals surface area contributed by atoms with Crippen molar-refractivity contribution in [3.63, 3.8) is 0 Å². The van der Waals surface area contributed by atoms with Crippen LogP contribution in [0.5, 0.6) is 5.75 Å². The Balaban J connectivity index is 2.23. The molecule has 1 N–H and O–H groups in total. The third-order valence-electron chi connectivity index (χ3n) is 3.17. The van der Waals surface area contributed by atoms with Gasteiger partial charge < -0.3 is 10.1 Å². The molecule has 3 heteroatoms. The number of aryl methyl sites for hydroxylation is 1. The lowest BCUT2D eigenvalue weighted by molar-refractivity contribution is 0.408. The average Bonchev–Trinajstić information content (AvgIpc) is 2.41. The van der Waals surface area contributed by atoms with Crippen molar-refractivity contribution >= 4 is 17.3 Å². The molecular weight excluding hydrogens is 258 g/mol. The summed E-state index contributed by atoms with van der Waals surface area (Å²) >= 11 is 5.97. The van der Waals surface area contributed by atoms with Crippen molar-refractivity contribution in [1.82, 2.24) is 0 Å². The van der Waals surface area contributed by atoms with Crippen LogP contribution >= 0.6 is 11.6 Å². The van der Waals surface area contributed by atoms with Crippen molar-refractivity contribution in [2.75, 3.05) is 12.4 Å². The van der Waals surface area contributed by atoms with Crippen LogP contribution in [0.3, 0.4) is 0 Å². The number of methoxy groups -OCH3 is 1. The number of ether oxygens (including phenoxy) is 1. The van der Waals surface area contributed by atoms with Crippen LogP contribution in [0.15, 0.2) is 42.5 Å². The smallest absolute Gasteiger partial charge is 0.124 e. The van der Waals surface area contributed by atoms with Gasteiger partial charge in [-0.2, -0.15) is 0 Å². The number of benzene rings is 2. The van der Waals surface area contributed by atoms with E-state index < -0.39 is 0 Å². The molecule has 2 aromatic rings. The number of halogens is 1. The number of anilines is 1. The average molecular weight is 276 g/mol. The van der Waals surface area contributed by atoms with Crippen molar-refractivity contribution in [3.8, 4) is 5.75 Å². The Morgan fingerprint density at radius 3 is 2.58 bits per heavy atom. The first kappa shape index (κ1) is 13.8. The summed E-state index contributed by atoms with van der Waals surface area (Å²) in [5.41, 5.74) is 3.36. The molecule has 0 heterocycles. The first-order valence-electron chi connectivity index (χ1n) is 6.27. The molecule has 2 rings (SSSR count). The molecule has 0 aliphatic heterocycles. The third kappa shape index (κ3) is 3.21. The van der Waals surface area contributed by atoms with Crippen molar-refractivity contribution in [2.24, 2.45) is 0 Å². The number of nitrogens with one attached hydrogen (secondary N) is 1. The fourth-order valence-corrected chi connectivity index (χ4v) is 2.35. The Bertz CT molecular complexity index is 568. The second kappa shape index (κ2) is 5.98. The molecule has 0 aromatic heterocycles. The van der Waals surface area contributed by atoms with Crippen molar-refractivity contribution < 1.29 is 4.74 Å². The maximum Gasteiger partial charge on any atom is 0.124 e. The summed E-state index contributed by atoms with van der Waals surface area (Å²) in [4.78, 5) is 0. The van der Waals surface area contributed by atoms with Crippen molar-refractivity contribution in [3.05, 3.63) is 58.6 Å². The van der Waals surface area contributed by atoms with E-state index in [1.54, 1.807) is 7.11 Å². The number of para-hydroxylation sites is 1. The summed E-state index contributed by atoms with van der Waals surface area (Å²) in [5.74, 6) is 0.897. The number of rotatable bonds is 4. The van der Waals surface area contributed by atoms with Gasteiger partial charge in [-0.25, -0.2) is 0 Å². The number of hydrogen-bond donors (Lipinski definition) is 1. The van der Waals surface area contributed by atoms with Gasteiger partial charge in [-0.05, 0) is 43.7 Å². The van der Waals surface area contributed by atoms with E-state index in [2.05, 4.69) is 18.3 Å². The molecule has 1 unspecified atom stereocenters. The lowest BCUT2D eigenvalue weighted by Gasteiger charge is -2.19. The van der Waals surface area contributed by atoms with E-state index in [0.717, 1.165) is 27.6 Å². The minimum absolute atomic E-state index is 0.163. The highest BCUT2D eigenvalue weighted by molar-refractivity contribution is 6.30. The maximum atomic E-state index is 5.97. The highest BCUT2D eigenvalue weighted by Gasteiger charge is 2.11. The van der Waals surface area contributed by atoms with E-state index in [1.165, 1.54) is 0 Å². The molecule has 100 valence electrons. The molecule has 1 atom stereocenters. The van der Waals surface area contributed by atoms with Crippen molar-refractivity contribution in [1.29, 1.82) is 0 Å². The molecule has 19 heavy (non-hydrogen) atoms. The Morgan fingerprint density at radius 2 is 1.89 bits per heavy atom. The van der Waals surface area contributed by atoms with E-state index in [1.807, 2.05) is 43.3 Å². The number of hydrogen-bond acceptors (Lipinski definition) is 2. The molecule has 0 saturated carbocycles. The van der Waals surface area contributed by atoms with Gasteiger partial charge in [-0.15, -0.1) is 0 Å². The Labute approximate surface area is 119 Å². The molecular formula is C16H18ClNO. The summed E-state index contributed by atoms with van der Waals surface area (Å²) in [6, 6.07) is 14.1. The summed E-state index contributed by atoms with van der Waals surface area (Å²) in [6.07, 6.45) is 0. The van der Waals surface area contributed by atoms with Gasteiger partial charge in [0.2, 0.25) is 0 Å². The molecule has 0 bridgehead atoms. The lowest BCUT2D eigenvalue weighted by Crippen LogP contribution is -2.09. The molecule has 0 fully saturated rings. The van der Waals surface area contributed by atoms with Gasteiger partial charge in [0.1, 0.15) is 5.75 Å². The van der Waals surface area contributed by atoms with Crippen LogP contribution in [0.2, 0.25) is 5.02 Å². The monoisotopic (exact) mass is 275 g/mol. The molecule has 2 nitrogen and oxygen atoms in total. The standard InChI is InChI=1S/C16H18ClNO/c1-11-10-13(17)8-9-15(11)18-12(2)14-6-4-5-7-16(14)19-3/h4-10,12,18H,1-3H3. The van der Waals surface area contributed by atoms with E-state index in [0.29, 0.717) is 0 Å². The van der Waals surface area contributed by atoms with Gasteiger partial charge in [0.15, 0.2) is 0 Å². The maximum absolute atomic E-state index is 5.97. The minimum Gasteiger partial charge on any atom is -0.496 e. The summed E-state index contributed by atoms with van der Waals surface area (Å²) in [5, 5.41) is 4.25. The molecule has 0 spiro atoms. The zero-order chi connectivity index (χ0) is 13.8. The van der Waals surface area contributed by atoms with Gasteiger partial charge in [-0.1, -0.05) is 29.8 Å². The first-order chi connectivity index (χ1) is 9.11. The Morgan fingerprint density at radius 1 is 1.16 bits per heavy atom. The van der Waals surface area contributed by atoms with Crippen LogP contribution < -0.4 is 10.1 Å². The zero-order valence-corrected chi connectivity index (χ0v) is 12.2. The first-order valence-corrected chi connectivity index (χ1v) is 6.65. The highest BCUT2D eigenvalue weighted by atomic mass is 35.5. The predicted octanol–water partition coefficient (Wildman–Crippen LogP) is 4.83. The molecule has 0 radical (unpaired) electrons. The normalized spacial score (nSPS) is 12.0. The van der Waals surface area contributed by atoms with E-state index in [-0.39, 0.29) is 6.04 Å². The fraction of sp³-hybridized carbons (Fsp3) is 0.250. The zero-order valence-electron chi connectivity index (χ0n) is 11.4. The molecule has 0 saturated heterocycles. The topological polar surface area (TPSA) is 21.3 Å². The van der Waals surface area contributed by atoms with Crippen LogP contribution in [0.1, 0.15) is 24.1 Å². The SMILES string of the molecule is COc1ccccc1C(C)Nc1ccc(Cl)cc1C. The van der Waals surface area contributed by atoms with Gasteiger partial charge >= 0.3 is 0 Å². The second-order valence-corrected chi connectivity index (χ2v) is 5.00. The lowest BCUT2D eigenvalue weighted by atomic mass is 10.1. The van der Waals surface area contributed by atoms with E-state index in [4.69, 9.17) is 16.3 Å². The van der Waals surface area contributed by atoms with Crippen molar-refractivity contribution in [2.45, 2.75) is 19.9 Å². The van der Waals surface area contributed by atoms with E-state index >= 15 is 0 Å². The summed E-state index contributed by atoms with van der Waals surface area (Å²) in [7, 11) is 1.69. The quantitative estimate of drug-likeness (QED) is 0.863. The van der Waals surface area contributed by atoms with Crippen LogP contribution in [0.25, 0.3) is 0 Å². The van der Waals surface area contributed by atoms with Gasteiger partial charge in [0.05, 0.1) is 13.2 Å². The summed E-state index contributed by atoms with van der Waals surface area (Å²) < 4.78 is 5.39. The molecule has 0 aliphatic rings. The highest BCUT2D eigenvalue weighted by Crippen LogP contribution is 2.29. The largest absolute Gasteiger partial charge is 0.496 e.